The molecule has 0 N–H and O–H groups in total. The van der Waals surface area contributed by atoms with Gasteiger partial charge in [0.15, 0.2) is 0 Å². The summed E-state index contributed by atoms with van der Waals surface area (Å²) >= 11 is 0. The van der Waals surface area contributed by atoms with Crippen LogP contribution in [0.25, 0.3) is 0 Å². The van der Waals surface area contributed by atoms with Crippen LogP contribution in [-0.2, 0) is 20.7 Å². The number of piperidine rings is 1. The van der Waals surface area contributed by atoms with Crippen LogP contribution in [0.3, 0.4) is 0 Å². The number of amides is 1. The van der Waals surface area contributed by atoms with Gasteiger partial charge in [0.2, 0.25) is 5.91 Å². The Morgan fingerprint density at radius 1 is 1.50 bits per heavy atom. The van der Waals surface area contributed by atoms with Gasteiger partial charge in [0, 0.05) is 32.2 Å². The van der Waals surface area contributed by atoms with Crippen LogP contribution in [0.4, 0.5) is 4.39 Å². The molecule has 0 aromatic heterocycles. The molecule has 0 radical (unpaired) electrons. The molecular weight excluding hydrogens is 285 g/mol. The molecule has 0 bridgehead atoms. The van der Waals surface area contributed by atoms with Gasteiger partial charge in [-0.25, -0.2) is 4.39 Å². The number of fused-ring (bicyclic) bond motifs is 1. The molecule has 0 saturated carbocycles. The predicted molar refractivity (Wildman–Crippen MR) is 80.0 cm³/mol. The minimum atomic E-state index is -0.318. The number of carbonyl (C=O) groups excluding carboxylic acids is 1. The molecule has 120 valence electrons. The smallest absolute Gasteiger partial charge is 0.227 e. The van der Waals surface area contributed by atoms with Crippen LogP contribution in [-0.4, -0.2) is 50.3 Å². The normalized spacial score (nSPS) is 27.7. The van der Waals surface area contributed by atoms with E-state index in [1.165, 1.54) is 6.07 Å². The summed E-state index contributed by atoms with van der Waals surface area (Å²) < 4.78 is 24.9. The number of ether oxygens (including phenoxy) is 2. The van der Waals surface area contributed by atoms with E-state index in [0.717, 1.165) is 19.4 Å². The summed E-state index contributed by atoms with van der Waals surface area (Å²) in [4.78, 5) is 14.4. The van der Waals surface area contributed by atoms with Crippen molar-refractivity contribution in [2.75, 3.05) is 33.4 Å². The van der Waals surface area contributed by atoms with E-state index in [1.807, 2.05) is 4.90 Å². The first-order chi connectivity index (χ1) is 10.6. The quantitative estimate of drug-likeness (QED) is 0.854. The van der Waals surface area contributed by atoms with Crippen molar-refractivity contribution < 1.29 is 18.7 Å². The average Bonchev–Trinajstić information content (AvgIpc) is 2.92. The minimum absolute atomic E-state index is 0.0223. The molecule has 1 aromatic carbocycles. The summed E-state index contributed by atoms with van der Waals surface area (Å²) in [7, 11) is 1.68. The molecule has 3 rings (SSSR count). The van der Waals surface area contributed by atoms with Gasteiger partial charge in [-0.2, -0.15) is 0 Å². The molecule has 2 aliphatic rings. The van der Waals surface area contributed by atoms with Gasteiger partial charge in [-0.05, 0) is 24.5 Å². The van der Waals surface area contributed by atoms with Gasteiger partial charge < -0.3 is 14.4 Å². The summed E-state index contributed by atoms with van der Waals surface area (Å²) in [6.45, 7) is 2.63. The number of rotatable bonds is 4. The zero-order valence-electron chi connectivity index (χ0n) is 12.9. The molecule has 1 aromatic rings. The van der Waals surface area contributed by atoms with Gasteiger partial charge in [0.25, 0.3) is 0 Å². The molecule has 22 heavy (non-hydrogen) atoms. The summed E-state index contributed by atoms with van der Waals surface area (Å²) in [5.74, 6) is -0.340. The molecule has 0 spiro atoms. The lowest BCUT2D eigenvalue weighted by molar-refractivity contribution is -0.138. The zero-order chi connectivity index (χ0) is 15.6. The number of methoxy groups -OCH3 is 1. The average molecular weight is 307 g/mol. The monoisotopic (exact) mass is 307 g/mol. The Morgan fingerprint density at radius 2 is 2.32 bits per heavy atom. The molecule has 2 saturated heterocycles. The highest BCUT2D eigenvalue weighted by molar-refractivity contribution is 5.79. The number of likely N-dealkylation sites (tertiary alicyclic amines) is 1. The molecule has 5 heteroatoms. The van der Waals surface area contributed by atoms with E-state index in [2.05, 4.69) is 0 Å². The second-order valence-corrected chi connectivity index (χ2v) is 6.28. The van der Waals surface area contributed by atoms with Crippen molar-refractivity contribution in [1.29, 1.82) is 0 Å². The van der Waals surface area contributed by atoms with Crippen molar-refractivity contribution >= 4 is 5.91 Å². The van der Waals surface area contributed by atoms with Crippen molar-refractivity contribution in [1.82, 2.24) is 4.90 Å². The van der Waals surface area contributed by atoms with E-state index < -0.39 is 0 Å². The third-order valence-electron chi connectivity index (χ3n) is 4.85. The fraction of sp³-hybridized carbons (Fsp3) is 0.588. The molecule has 1 amide bonds. The first-order valence-corrected chi connectivity index (χ1v) is 7.76. The van der Waals surface area contributed by atoms with Crippen LogP contribution in [0.1, 0.15) is 18.4 Å². The van der Waals surface area contributed by atoms with Crippen LogP contribution in [0.5, 0.6) is 0 Å². The van der Waals surface area contributed by atoms with Crippen LogP contribution < -0.4 is 0 Å². The fourth-order valence-corrected chi connectivity index (χ4v) is 3.67. The second-order valence-electron chi connectivity index (χ2n) is 6.28. The molecule has 2 heterocycles. The zero-order valence-corrected chi connectivity index (χ0v) is 12.9. The topological polar surface area (TPSA) is 38.8 Å². The van der Waals surface area contributed by atoms with Crippen molar-refractivity contribution in [3.63, 3.8) is 0 Å². The Labute approximate surface area is 130 Å². The minimum Gasteiger partial charge on any atom is -0.384 e. The second kappa shape index (κ2) is 6.34. The number of nitrogens with zero attached hydrogens (tertiary/aromatic N) is 1. The number of halogens is 1. The highest BCUT2D eigenvalue weighted by Crippen LogP contribution is 2.41. The van der Waals surface area contributed by atoms with Crippen molar-refractivity contribution in [3.05, 3.63) is 35.6 Å². The summed E-state index contributed by atoms with van der Waals surface area (Å²) in [5, 5.41) is 0. The van der Waals surface area contributed by atoms with Crippen LogP contribution in [0.15, 0.2) is 24.3 Å². The standard InChI is InChI=1S/C17H22FNO3/c1-21-12-17-7-9-22-15(17)6-8-19(11-17)16(20)10-13-4-2-3-5-14(13)18/h2-5,15H,6-12H2,1H3/t15-,17+/m1/s1. The third kappa shape index (κ3) is 2.88. The maximum Gasteiger partial charge on any atom is 0.227 e. The van der Waals surface area contributed by atoms with Gasteiger partial charge in [-0.15, -0.1) is 0 Å². The van der Waals surface area contributed by atoms with E-state index in [-0.39, 0.29) is 29.7 Å². The molecule has 2 fully saturated rings. The van der Waals surface area contributed by atoms with Crippen molar-refractivity contribution in [2.24, 2.45) is 5.41 Å². The Balaban J connectivity index is 1.70. The van der Waals surface area contributed by atoms with Crippen LogP contribution in [0.2, 0.25) is 0 Å². The first-order valence-electron chi connectivity index (χ1n) is 7.76. The van der Waals surface area contributed by atoms with Crippen molar-refractivity contribution in [2.45, 2.75) is 25.4 Å². The van der Waals surface area contributed by atoms with Crippen molar-refractivity contribution in [3.8, 4) is 0 Å². The Morgan fingerprint density at radius 3 is 3.09 bits per heavy atom. The highest BCUT2D eigenvalue weighted by atomic mass is 19.1. The number of hydrogen-bond acceptors (Lipinski definition) is 3. The van der Waals surface area contributed by atoms with Gasteiger partial charge in [-0.1, -0.05) is 18.2 Å². The van der Waals surface area contributed by atoms with E-state index in [0.29, 0.717) is 25.3 Å². The SMILES string of the molecule is COC[C@@]12CCO[C@@H]1CCN(C(=O)Cc1ccccc1F)C2. The third-order valence-corrected chi connectivity index (χ3v) is 4.85. The maximum atomic E-state index is 13.7. The lowest BCUT2D eigenvalue weighted by Gasteiger charge is -2.43. The van der Waals surface area contributed by atoms with E-state index in [1.54, 1.807) is 25.3 Å². The number of hydrogen-bond donors (Lipinski definition) is 0. The van der Waals surface area contributed by atoms with Crippen LogP contribution in [0, 0.1) is 11.2 Å². The van der Waals surface area contributed by atoms with E-state index in [9.17, 15) is 9.18 Å². The lowest BCUT2D eigenvalue weighted by atomic mass is 9.77. The first kappa shape index (κ1) is 15.4. The Hall–Kier alpha value is -1.46. The summed E-state index contributed by atoms with van der Waals surface area (Å²) in [6.07, 6.45) is 2.02. The molecule has 2 aliphatic heterocycles. The molecular formula is C17H22FNO3. The largest absolute Gasteiger partial charge is 0.384 e. The Bertz CT molecular complexity index is 550. The fourth-order valence-electron chi connectivity index (χ4n) is 3.67. The number of carbonyl (C=O) groups is 1. The highest BCUT2D eigenvalue weighted by Gasteiger charge is 2.48. The van der Waals surface area contributed by atoms with Gasteiger partial charge in [0.05, 0.1) is 19.1 Å². The summed E-state index contributed by atoms with van der Waals surface area (Å²) in [5.41, 5.74) is 0.357. The molecule has 4 nitrogen and oxygen atoms in total. The van der Waals surface area contributed by atoms with Gasteiger partial charge >= 0.3 is 0 Å². The summed E-state index contributed by atoms with van der Waals surface area (Å²) in [6, 6.07) is 6.46. The molecule has 0 unspecified atom stereocenters. The molecule has 2 atom stereocenters. The molecule has 0 aliphatic carbocycles. The van der Waals surface area contributed by atoms with Crippen LogP contribution >= 0.6 is 0 Å². The maximum absolute atomic E-state index is 13.7. The van der Waals surface area contributed by atoms with E-state index in [4.69, 9.17) is 9.47 Å². The van der Waals surface area contributed by atoms with E-state index >= 15 is 0 Å². The van der Waals surface area contributed by atoms with Gasteiger partial charge in [0.1, 0.15) is 5.82 Å². The predicted octanol–water partition coefficient (Wildman–Crippen LogP) is 2.02. The Kier molecular flexibility index (Phi) is 4.45. The van der Waals surface area contributed by atoms with Gasteiger partial charge in [-0.3, -0.25) is 4.79 Å². The lowest BCUT2D eigenvalue weighted by Crippen LogP contribution is -2.53. The number of benzene rings is 1.